The van der Waals surface area contributed by atoms with Gasteiger partial charge in [0, 0.05) is 37.6 Å². The van der Waals surface area contributed by atoms with Gasteiger partial charge in [0.2, 0.25) is 17.8 Å². The zero-order chi connectivity index (χ0) is 24.0. The first kappa shape index (κ1) is 24.5. The molecule has 0 spiro atoms. The number of amides is 1. The van der Waals surface area contributed by atoms with Gasteiger partial charge in [-0.05, 0) is 49.9 Å². The van der Waals surface area contributed by atoms with E-state index in [1.165, 1.54) is 0 Å². The predicted molar refractivity (Wildman–Crippen MR) is 133 cm³/mol. The maximum Gasteiger partial charge on any atom is 0.411 e. The number of nitrogens with one attached hydrogen (secondary N) is 4. The van der Waals surface area contributed by atoms with Crippen LogP contribution in [0.15, 0.2) is 18.2 Å². The van der Waals surface area contributed by atoms with Gasteiger partial charge in [-0.15, -0.1) is 0 Å². The molecule has 10 nitrogen and oxygen atoms in total. The number of ether oxygens (including phenoxy) is 1. The van der Waals surface area contributed by atoms with Gasteiger partial charge >= 0.3 is 6.09 Å². The Morgan fingerprint density at radius 3 is 2.67 bits per heavy atom. The van der Waals surface area contributed by atoms with Crippen LogP contribution in [-0.4, -0.2) is 60.4 Å². The average molecular weight is 457 g/mol. The van der Waals surface area contributed by atoms with Gasteiger partial charge < -0.3 is 25.6 Å². The van der Waals surface area contributed by atoms with Crippen LogP contribution in [0.25, 0.3) is 0 Å². The minimum atomic E-state index is -0.491. The van der Waals surface area contributed by atoms with Crippen molar-refractivity contribution in [1.29, 1.82) is 0 Å². The minimum absolute atomic E-state index is 0.0849. The molecule has 180 valence electrons. The lowest BCUT2D eigenvalue weighted by Crippen LogP contribution is -2.31. The third kappa shape index (κ3) is 7.45. The topological polar surface area (TPSA) is 116 Å². The van der Waals surface area contributed by atoms with Crippen LogP contribution in [0.2, 0.25) is 0 Å². The fraction of sp³-hybridized carbons (Fsp3) is 0.565. The third-order valence-electron chi connectivity index (χ3n) is 5.08. The Labute approximate surface area is 195 Å². The highest BCUT2D eigenvalue weighted by molar-refractivity contribution is 5.85. The van der Waals surface area contributed by atoms with E-state index in [1.807, 2.05) is 37.1 Å². The lowest BCUT2D eigenvalue weighted by Gasteiger charge is -2.27. The molecule has 1 saturated heterocycles. The lowest BCUT2D eigenvalue weighted by molar-refractivity contribution is 0.168. The standard InChI is InChI=1S/C23H36N8O2/c1-7-33-22(32)26-16-9-8-15(2)18(12-16)27-20-28-19(25-17-10-11-24-13-17)29-21(30-20)31(6)14-23(3,4)5/h8-9,12,17,24H,7,10-11,13-14H2,1-6H3,(H,26,32)(H2,25,27,28,29,30)/t17-/m0/s1. The van der Waals surface area contributed by atoms with Crippen LogP contribution in [0.5, 0.6) is 0 Å². The van der Waals surface area contributed by atoms with E-state index in [0.29, 0.717) is 30.1 Å². The highest BCUT2D eigenvalue weighted by Crippen LogP contribution is 2.25. The van der Waals surface area contributed by atoms with Crippen LogP contribution < -0.4 is 26.2 Å². The molecule has 1 atom stereocenters. The fourth-order valence-electron chi connectivity index (χ4n) is 3.64. The van der Waals surface area contributed by atoms with Gasteiger partial charge in [0.05, 0.1) is 6.61 Å². The van der Waals surface area contributed by atoms with Gasteiger partial charge in [0.15, 0.2) is 0 Å². The fourth-order valence-corrected chi connectivity index (χ4v) is 3.64. The largest absolute Gasteiger partial charge is 0.450 e. The van der Waals surface area contributed by atoms with E-state index in [2.05, 4.69) is 57.0 Å². The van der Waals surface area contributed by atoms with Crippen LogP contribution in [0.4, 0.5) is 34.0 Å². The van der Waals surface area contributed by atoms with Crippen LogP contribution >= 0.6 is 0 Å². The summed E-state index contributed by atoms with van der Waals surface area (Å²) in [6.07, 6.45) is 0.526. The normalized spacial score (nSPS) is 15.8. The lowest BCUT2D eigenvalue weighted by atomic mass is 9.96. The SMILES string of the molecule is CCOC(=O)Nc1ccc(C)c(Nc2nc(N[C@H]3CCNC3)nc(N(C)CC(C)(C)C)n2)c1. The number of hydrogen-bond acceptors (Lipinski definition) is 9. The van der Waals surface area contributed by atoms with E-state index >= 15 is 0 Å². The van der Waals surface area contributed by atoms with Crippen LogP contribution in [0.3, 0.4) is 0 Å². The summed E-state index contributed by atoms with van der Waals surface area (Å²) in [7, 11) is 1.99. The van der Waals surface area contributed by atoms with E-state index in [1.54, 1.807) is 6.92 Å². The van der Waals surface area contributed by atoms with Crippen molar-refractivity contribution in [2.75, 3.05) is 54.1 Å². The molecule has 33 heavy (non-hydrogen) atoms. The molecular weight excluding hydrogens is 420 g/mol. The molecule has 0 radical (unpaired) electrons. The quantitative estimate of drug-likeness (QED) is 0.471. The number of carbonyl (C=O) groups excluding carboxylic acids is 1. The molecule has 1 fully saturated rings. The molecule has 10 heteroatoms. The zero-order valence-electron chi connectivity index (χ0n) is 20.5. The van der Waals surface area contributed by atoms with Crippen LogP contribution in [-0.2, 0) is 4.74 Å². The summed E-state index contributed by atoms with van der Waals surface area (Å²) < 4.78 is 4.97. The highest BCUT2D eigenvalue weighted by atomic mass is 16.5. The smallest absolute Gasteiger partial charge is 0.411 e. The van der Waals surface area contributed by atoms with Crippen molar-refractivity contribution in [3.8, 4) is 0 Å². The third-order valence-corrected chi connectivity index (χ3v) is 5.08. The summed E-state index contributed by atoms with van der Waals surface area (Å²) >= 11 is 0. The monoisotopic (exact) mass is 456 g/mol. The van der Waals surface area contributed by atoms with E-state index in [9.17, 15) is 4.79 Å². The first-order valence-electron chi connectivity index (χ1n) is 11.4. The molecule has 0 unspecified atom stereocenters. The van der Waals surface area contributed by atoms with Gasteiger partial charge in [0.1, 0.15) is 0 Å². The summed E-state index contributed by atoms with van der Waals surface area (Å²) in [6.45, 7) is 13.2. The number of aryl methyl sites for hydroxylation is 1. The Morgan fingerprint density at radius 1 is 1.24 bits per heavy atom. The molecule has 2 aromatic rings. The summed E-state index contributed by atoms with van der Waals surface area (Å²) in [4.78, 5) is 27.8. The average Bonchev–Trinajstić information content (AvgIpc) is 3.22. The molecule has 0 aliphatic carbocycles. The van der Waals surface area contributed by atoms with Gasteiger partial charge in [-0.1, -0.05) is 26.8 Å². The molecular formula is C23H36N8O2. The first-order chi connectivity index (χ1) is 15.6. The van der Waals surface area contributed by atoms with Crippen LogP contribution in [0, 0.1) is 12.3 Å². The Hall–Kier alpha value is -3.14. The number of hydrogen-bond donors (Lipinski definition) is 4. The highest BCUT2D eigenvalue weighted by Gasteiger charge is 2.20. The van der Waals surface area contributed by atoms with Gasteiger partial charge in [0.25, 0.3) is 0 Å². The Balaban J connectivity index is 1.87. The number of anilines is 5. The van der Waals surface area contributed by atoms with Crippen LogP contribution in [0.1, 0.15) is 39.7 Å². The molecule has 4 N–H and O–H groups in total. The molecule has 3 rings (SSSR count). The molecule has 1 aromatic heterocycles. The molecule has 1 aromatic carbocycles. The Morgan fingerprint density at radius 2 is 2.00 bits per heavy atom. The molecule has 0 saturated carbocycles. The first-order valence-corrected chi connectivity index (χ1v) is 11.4. The second-order valence-electron chi connectivity index (χ2n) is 9.53. The van der Waals surface area contributed by atoms with Crippen molar-refractivity contribution in [1.82, 2.24) is 20.3 Å². The predicted octanol–water partition coefficient (Wildman–Crippen LogP) is 3.75. The number of rotatable bonds is 8. The number of aromatic nitrogens is 3. The van der Waals surface area contributed by atoms with Gasteiger partial charge in [-0.25, -0.2) is 4.79 Å². The van der Waals surface area contributed by atoms with Crippen molar-refractivity contribution in [3.05, 3.63) is 23.8 Å². The summed E-state index contributed by atoms with van der Waals surface area (Å²) in [5, 5.41) is 12.8. The maximum atomic E-state index is 11.8. The Kier molecular flexibility index (Phi) is 7.91. The van der Waals surface area contributed by atoms with E-state index in [-0.39, 0.29) is 11.5 Å². The van der Waals surface area contributed by atoms with E-state index in [4.69, 9.17) is 4.74 Å². The van der Waals surface area contributed by atoms with Crippen molar-refractivity contribution in [3.63, 3.8) is 0 Å². The molecule has 1 aliphatic rings. The van der Waals surface area contributed by atoms with E-state index in [0.717, 1.165) is 37.3 Å². The summed E-state index contributed by atoms with van der Waals surface area (Å²) in [5.74, 6) is 1.57. The van der Waals surface area contributed by atoms with Gasteiger partial charge in [-0.2, -0.15) is 15.0 Å². The number of benzene rings is 1. The molecule has 0 bridgehead atoms. The van der Waals surface area contributed by atoms with Gasteiger partial charge in [-0.3, -0.25) is 5.32 Å². The maximum absolute atomic E-state index is 11.8. The summed E-state index contributed by atoms with van der Waals surface area (Å²) in [6, 6.07) is 5.86. The van der Waals surface area contributed by atoms with E-state index < -0.39 is 6.09 Å². The second kappa shape index (κ2) is 10.7. The number of carbonyl (C=O) groups is 1. The second-order valence-corrected chi connectivity index (χ2v) is 9.53. The van der Waals surface area contributed by atoms with Crippen molar-refractivity contribution in [2.45, 2.75) is 47.1 Å². The van der Waals surface area contributed by atoms with Crippen molar-refractivity contribution in [2.24, 2.45) is 5.41 Å². The molecule has 2 heterocycles. The zero-order valence-corrected chi connectivity index (χ0v) is 20.5. The molecule has 1 amide bonds. The molecule has 1 aliphatic heterocycles. The minimum Gasteiger partial charge on any atom is -0.450 e. The Bertz CT molecular complexity index is 954. The summed E-state index contributed by atoms with van der Waals surface area (Å²) in [5.41, 5.74) is 2.48. The van der Waals surface area contributed by atoms with Crippen molar-refractivity contribution < 1.29 is 9.53 Å². The number of nitrogens with zero attached hydrogens (tertiary/aromatic N) is 4. The van der Waals surface area contributed by atoms with Crippen molar-refractivity contribution >= 4 is 35.3 Å².